The molecule has 0 spiro atoms. The summed E-state index contributed by atoms with van der Waals surface area (Å²) in [5, 5.41) is 0. The van der Waals surface area contributed by atoms with Crippen LogP contribution in [0.15, 0.2) is 18.2 Å². The van der Waals surface area contributed by atoms with Gasteiger partial charge in [0.1, 0.15) is 0 Å². The molecule has 2 N–H and O–H groups in total. The molecule has 0 saturated carbocycles. The molecule has 1 aromatic rings. The van der Waals surface area contributed by atoms with E-state index in [1.807, 2.05) is 19.1 Å². The number of nitrogens with two attached hydrogens (primary N) is 1. The Balaban J connectivity index is 2.32. The minimum Gasteiger partial charge on any atom is -0.330 e. The van der Waals surface area contributed by atoms with E-state index in [0.29, 0.717) is 24.9 Å². The van der Waals surface area contributed by atoms with E-state index >= 15 is 0 Å². The number of Topliss-reactive ketones (excluding diaryl/α,β-unsaturated/α-hetero) is 1. The maximum Gasteiger partial charge on any atom is 0.227 e. The number of anilines is 1. The molecule has 1 unspecified atom stereocenters. The van der Waals surface area contributed by atoms with Crippen molar-refractivity contribution in [2.75, 3.05) is 18.5 Å². The van der Waals surface area contributed by atoms with Crippen LogP contribution in [0.25, 0.3) is 0 Å². The molecule has 4 nitrogen and oxygen atoms in total. The van der Waals surface area contributed by atoms with Crippen molar-refractivity contribution in [3.8, 4) is 0 Å². The van der Waals surface area contributed by atoms with Gasteiger partial charge in [-0.05, 0) is 36.6 Å². The lowest BCUT2D eigenvalue weighted by atomic mass is 9.92. The Morgan fingerprint density at radius 1 is 1.42 bits per heavy atom. The van der Waals surface area contributed by atoms with E-state index in [0.717, 1.165) is 17.7 Å². The lowest BCUT2D eigenvalue weighted by Crippen LogP contribution is -2.31. The predicted octanol–water partition coefficient (Wildman–Crippen LogP) is 1.76. The van der Waals surface area contributed by atoms with Crippen molar-refractivity contribution < 1.29 is 9.59 Å². The third kappa shape index (κ3) is 2.54. The van der Waals surface area contributed by atoms with Crippen LogP contribution >= 0.6 is 0 Å². The molecule has 0 aromatic heterocycles. The largest absolute Gasteiger partial charge is 0.330 e. The average Bonchev–Trinajstić information content (AvgIpc) is 2.44. The van der Waals surface area contributed by atoms with Gasteiger partial charge in [-0.2, -0.15) is 0 Å². The molecule has 1 aliphatic heterocycles. The first-order valence-corrected chi connectivity index (χ1v) is 6.72. The number of nitrogens with zero attached hydrogens (tertiary/aromatic N) is 1. The van der Waals surface area contributed by atoms with Gasteiger partial charge in [0.25, 0.3) is 0 Å². The maximum atomic E-state index is 12.3. The Morgan fingerprint density at radius 3 is 2.79 bits per heavy atom. The summed E-state index contributed by atoms with van der Waals surface area (Å²) < 4.78 is 0. The lowest BCUT2D eigenvalue weighted by molar-refractivity contribution is -0.118. The summed E-state index contributed by atoms with van der Waals surface area (Å²) in [5.74, 6) is 0.119. The van der Waals surface area contributed by atoms with Crippen molar-refractivity contribution in [2.24, 2.45) is 11.7 Å². The summed E-state index contributed by atoms with van der Waals surface area (Å²) in [6.07, 6.45) is 1.97. The number of rotatable bonds is 4. The molecule has 102 valence electrons. The fourth-order valence-electron chi connectivity index (χ4n) is 2.50. The van der Waals surface area contributed by atoms with Crippen LogP contribution in [0.3, 0.4) is 0 Å². The van der Waals surface area contributed by atoms with Gasteiger partial charge in [0.15, 0.2) is 5.78 Å². The number of fused-ring (bicyclic) bond motifs is 1. The van der Waals surface area contributed by atoms with E-state index < -0.39 is 0 Å². The molecule has 1 aromatic carbocycles. The minimum atomic E-state index is -0.110. The topological polar surface area (TPSA) is 63.4 Å². The first-order valence-electron chi connectivity index (χ1n) is 6.72. The number of aryl methyl sites for hydroxylation is 1. The average molecular weight is 260 g/mol. The summed E-state index contributed by atoms with van der Waals surface area (Å²) in [7, 11) is 1.77. The van der Waals surface area contributed by atoms with Gasteiger partial charge in [-0.15, -0.1) is 0 Å². The summed E-state index contributed by atoms with van der Waals surface area (Å²) in [4.78, 5) is 25.6. The molecule has 0 bridgehead atoms. The van der Waals surface area contributed by atoms with Crippen molar-refractivity contribution in [3.05, 3.63) is 29.3 Å². The second-order valence-electron chi connectivity index (χ2n) is 5.00. The third-order valence-corrected chi connectivity index (χ3v) is 3.86. The number of benzene rings is 1. The second kappa shape index (κ2) is 5.53. The van der Waals surface area contributed by atoms with Crippen LogP contribution in [-0.4, -0.2) is 25.3 Å². The van der Waals surface area contributed by atoms with Gasteiger partial charge < -0.3 is 10.6 Å². The van der Waals surface area contributed by atoms with Crippen LogP contribution in [0.2, 0.25) is 0 Å². The second-order valence-corrected chi connectivity index (χ2v) is 5.00. The fraction of sp³-hybridized carbons (Fsp3) is 0.467. The van der Waals surface area contributed by atoms with Crippen LogP contribution in [0.1, 0.15) is 35.7 Å². The Morgan fingerprint density at radius 2 is 2.16 bits per heavy atom. The molecule has 0 radical (unpaired) electrons. The quantitative estimate of drug-likeness (QED) is 0.839. The SMILES string of the molecule is CCC(CN)C(=O)c1ccc2c(c1)CCC(=O)N2C. The van der Waals surface area contributed by atoms with E-state index in [4.69, 9.17) is 5.73 Å². The number of carbonyl (C=O) groups is 2. The van der Waals surface area contributed by atoms with Gasteiger partial charge in [0.05, 0.1) is 0 Å². The minimum absolute atomic E-state index is 0.104. The van der Waals surface area contributed by atoms with Gasteiger partial charge >= 0.3 is 0 Å². The molecule has 0 fully saturated rings. The molecule has 19 heavy (non-hydrogen) atoms. The first-order chi connectivity index (χ1) is 9.08. The molecular weight excluding hydrogens is 240 g/mol. The van der Waals surface area contributed by atoms with Crippen molar-refractivity contribution in [3.63, 3.8) is 0 Å². The van der Waals surface area contributed by atoms with E-state index in [-0.39, 0.29) is 17.6 Å². The van der Waals surface area contributed by atoms with Gasteiger partial charge in [0, 0.05) is 37.2 Å². The summed E-state index contributed by atoms with van der Waals surface area (Å²) >= 11 is 0. The van der Waals surface area contributed by atoms with Crippen LogP contribution in [0.4, 0.5) is 5.69 Å². The number of hydrogen-bond acceptors (Lipinski definition) is 3. The Bertz CT molecular complexity index is 507. The Kier molecular flexibility index (Phi) is 4.00. The van der Waals surface area contributed by atoms with Crippen molar-refractivity contribution in [1.29, 1.82) is 0 Å². The van der Waals surface area contributed by atoms with Gasteiger partial charge in [0.2, 0.25) is 5.91 Å². The van der Waals surface area contributed by atoms with E-state index in [2.05, 4.69) is 0 Å². The highest BCUT2D eigenvalue weighted by Gasteiger charge is 2.23. The molecule has 1 amide bonds. The summed E-state index contributed by atoms with van der Waals surface area (Å²) in [5.41, 5.74) is 8.31. The van der Waals surface area contributed by atoms with Crippen LogP contribution < -0.4 is 10.6 Å². The van der Waals surface area contributed by atoms with E-state index in [1.54, 1.807) is 18.0 Å². The van der Waals surface area contributed by atoms with Crippen LogP contribution in [0, 0.1) is 5.92 Å². The van der Waals surface area contributed by atoms with Crippen molar-refractivity contribution in [1.82, 2.24) is 0 Å². The predicted molar refractivity (Wildman–Crippen MR) is 75.3 cm³/mol. The zero-order chi connectivity index (χ0) is 14.0. The maximum absolute atomic E-state index is 12.3. The Hall–Kier alpha value is -1.68. The highest BCUT2D eigenvalue weighted by Crippen LogP contribution is 2.28. The summed E-state index contributed by atoms with van der Waals surface area (Å²) in [6.45, 7) is 2.35. The van der Waals surface area contributed by atoms with Crippen LogP contribution in [0.5, 0.6) is 0 Å². The smallest absolute Gasteiger partial charge is 0.227 e. The highest BCUT2D eigenvalue weighted by atomic mass is 16.2. The molecule has 0 saturated heterocycles. The number of hydrogen-bond donors (Lipinski definition) is 1. The molecule has 1 heterocycles. The van der Waals surface area contributed by atoms with Crippen LogP contribution in [-0.2, 0) is 11.2 Å². The zero-order valence-corrected chi connectivity index (χ0v) is 11.5. The molecule has 1 aliphatic rings. The third-order valence-electron chi connectivity index (χ3n) is 3.86. The van der Waals surface area contributed by atoms with E-state index in [1.165, 1.54) is 0 Å². The van der Waals surface area contributed by atoms with Crippen molar-refractivity contribution in [2.45, 2.75) is 26.2 Å². The zero-order valence-electron chi connectivity index (χ0n) is 11.5. The molecule has 2 rings (SSSR count). The highest BCUT2D eigenvalue weighted by molar-refractivity contribution is 6.00. The molecular formula is C15H20N2O2. The van der Waals surface area contributed by atoms with Gasteiger partial charge in [-0.25, -0.2) is 0 Å². The first kappa shape index (κ1) is 13.7. The lowest BCUT2D eigenvalue weighted by Gasteiger charge is -2.26. The molecule has 4 heteroatoms. The molecule has 0 aliphatic carbocycles. The number of ketones is 1. The standard InChI is InChI=1S/C15H20N2O2/c1-3-10(9-16)15(19)12-4-6-13-11(8-12)5-7-14(18)17(13)2/h4,6,8,10H,3,5,7,9,16H2,1-2H3. The van der Waals surface area contributed by atoms with Gasteiger partial charge in [-0.3, -0.25) is 9.59 Å². The summed E-state index contributed by atoms with van der Waals surface area (Å²) in [6, 6.07) is 5.58. The number of carbonyl (C=O) groups excluding carboxylic acids is 2. The molecule has 1 atom stereocenters. The van der Waals surface area contributed by atoms with Crippen molar-refractivity contribution >= 4 is 17.4 Å². The fourth-order valence-corrected chi connectivity index (χ4v) is 2.50. The van der Waals surface area contributed by atoms with Gasteiger partial charge in [-0.1, -0.05) is 6.92 Å². The Labute approximate surface area is 113 Å². The van der Waals surface area contributed by atoms with E-state index in [9.17, 15) is 9.59 Å². The normalized spacial score (nSPS) is 16.2. The number of amides is 1. The monoisotopic (exact) mass is 260 g/mol.